The van der Waals surface area contributed by atoms with Crippen molar-refractivity contribution >= 4 is 128 Å². The largest absolute Gasteiger partial charge is 0.135 e. The topological polar surface area (TPSA) is 0 Å². The van der Waals surface area contributed by atoms with Crippen LogP contribution in [0.5, 0.6) is 0 Å². The SMILES string of the molecule is c1cc(-c2ccc(-c3cccc(-c4ccc5ccc6c(-c7ccc8sc9ccccc9c8c7)ccc7ccc4c5c76)c3)cc2)cc(-c2ccc3ccc4c(-c5ccc6sc7ccccc7c6c5)ccc5ccc2c3c54)c1. The summed E-state index contributed by atoms with van der Waals surface area (Å²) in [4.78, 5) is 0. The maximum atomic E-state index is 2.40. The van der Waals surface area contributed by atoms with Crippen LogP contribution in [-0.4, -0.2) is 0 Å². The Bertz CT molecular complexity index is 4890. The molecule has 0 aliphatic rings. The summed E-state index contributed by atoms with van der Waals surface area (Å²) in [5.41, 5.74) is 14.9. The zero-order valence-corrected chi connectivity index (χ0v) is 42.7. The lowest BCUT2D eigenvalue weighted by Gasteiger charge is -2.17. The van der Waals surface area contributed by atoms with Gasteiger partial charge in [0, 0.05) is 40.3 Å². The molecular weight excluding hydrogens is 953 g/mol. The second kappa shape index (κ2) is 16.2. The summed E-state index contributed by atoms with van der Waals surface area (Å²) < 4.78 is 5.34. The summed E-state index contributed by atoms with van der Waals surface area (Å²) in [6.45, 7) is 0. The van der Waals surface area contributed by atoms with E-state index in [1.807, 2.05) is 22.7 Å². The molecule has 15 aromatic carbocycles. The maximum absolute atomic E-state index is 2.40. The van der Waals surface area contributed by atoms with E-state index in [0.717, 1.165) is 0 Å². The van der Waals surface area contributed by atoms with Gasteiger partial charge in [-0.25, -0.2) is 0 Å². The summed E-state index contributed by atoms with van der Waals surface area (Å²) in [5, 5.41) is 20.9. The summed E-state index contributed by atoms with van der Waals surface area (Å²) in [7, 11) is 0. The van der Waals surface area contributed by atoms with Crippen molar-refractivity contribution in [3.63, 3.8) is 0 Å². The van der Waals surface area contributed by atoms with Crippen LogP contribution >= 0.6 is 22.7 Å². The van der Waals surface area contributed by atoms with E-state index in [1.165, 1.54) is 172 Å². The lowest BCUT2D eigenvalue weighted by molar-refractivity contribution is 1.58. The molecule has 0 radical (unpaired) electrons. The van der Waals surface area contributed by atoms with E-state index in [0.29, 0.717) is 0 Å². The zero-order valence-electron chi connectivity index (χ0n) is 41.1. The van der Waals surface area contributed by atoms with Gasteiger partial charge in [-0.15, -0.1) is 22.7 Å². The van der Waals surface area contributed by atoms with Gasteiger partial charge >= 0.3 is 0 Å². The van der Waals surface area contributed by atoms with E-state index >= 15 is 0 Å². The molecule has 0 fully saturated rings. The fourth-order valence-corrected chi connectivity index (χ4v) is 15.2. The van der Waals surface area contributed by atoms with Crippen molar-refractivity contribution in [2.24, 2.45) is 0 Å². The number of hydrogen-bond acceptors (Lipinski definition) is 2. The van der Waals surface area contributed by atoms with E-state index in [1.54, 1.807) is 0 Å². The summed E-state index contributed by atoms with van der Waals surface area (Å²) in [5.74, 6) is 0. The van der Waals surface area contributed by atoms with Gasteiger partial charge in [-0.3, -0.25) is 0 Å². The van der Waals surface area contributed by atoms with Gasteiger partial charge in [0.2, 0.25) is 0 Å². The quantitative estimate of drug-likeness (QED) is 0.146. The standard InChI is InChI=1S/C74H42S2/c1-3-13-67-59(11-1)65-41-53(27-37-69(65)75-67)57-31-21-47-23-33-61-55(29-19-45-25-35-63(57)73(47)71(45)61)51-9-5-7-49(39-51)43-15-17-44(18-16-43)50-8-6-10-52(40-50)56-30-20-46-26-36-64-58(32-22-48-24-34-62(56)72(46)74(48)64)54-28-38-70-66(42-54)60-12-2-4-14-68(60)76-70/h1-42H. The average molecular weight is 995 g/mol. The number of fused-ring (bicyclic) bond motifs is 6. The van der Waals surface area contributed by atoms with Crippen LogP contribution in [0.25, 0.3) is 172 Å². The van der Waals surface area contributed by atoms with Gasteiger partial charge in [0.05, 0.1) is 0 Å². The van der Waals surface area contributed by atoms with Crippen LogP contribution in [0.15, 0.2) is 255 Å². The van der Waals surface area contributed by atoms with Gasteiger partial charge in [-0.1, -0.05) is 206 Å². The summed E-state index contributed by atoms with van der Waals surface area (Å²) in [6.07, 6.45) is 0. The summed E-state index contributed by atoms with van der Waals surface area (Å²) in [6, 6.07) is 96.1. The predicted molar refractivity (Wildman–Crippen MR) is 332 cm³/mol. The smallest absolute Gasteiger partial charge is 0.0355 e. The molecule has 0 saturated carbocycles. The molecule has 0 atom stereocenters. The molecule has 0 saturated heterocycles. The molecule has 2 heteroatoms. The number of rotatable bonds is 6. The van der Waals surface area contributed by atoms with Gasteiger partial charge in [-0.2, -0.15) is 0 Å². The Morgan fingerprint density at radius 2 is 0.474 bits per heavy atom. The van der Waals surface area contributed by atoms with E-state index in [2.05, 4.69) is 255 Å². The van der Waals surface area contributed by atoms with Crippen LogP contribution in [0.4, 0.5) is 0 Å². The lowest BCUT2D eigenvalue weighted by atomic mass is 9.86. The monoisotopic (exact) mass is 994 g/mol. The van der Waals surface area contributed by atoms with Gasteiger partial charge in [0.15, 0.2) is 0 Å². The Labute approximate surface area is 446 Å². The zero-order chi connectivity index (χ0) is 49.6. The Morgan fingerprint density at radius 1 is 0.171 bits per heavy atom. The summed E-state index contributed by atoms with van der Waals surface area (Å²) >= 11 is 3.75. The van der Waals surface area contributed by atoms with E-state index < -0.39 is 0 Å². The first kappa shape index (κ1) is 42.2. The minimum Gasteiger partial charge on any atom is -0.135 e. The molecule has 76 heavy (non-hydrogen) atoms. The fraction of sp³-hybridized carbons (Fsp3) is 0. The highest BCUT2D eigenvalue weighted by atomic mass is 32.1. The molecule has 0 unspecified atom stereocenters. The molecule has 0 N–H and O–H groups in total. The van der Waals surface area contributed by atoms with Crippen molar-refractivity contribution in [3.8, 4) is 66.8 Å². The highest BCUT2D eigenvalue weighted by Gasteiger charge is 2.19. The van der Waals surface area contributed by atoms with Crippen molar-refractivity contribution in [3.05, 3.63) is 255 Å². The molecule has 2 heterocycles. The minimum atomic E-state index is 1.20. The molecule has 2 aromatic heterocycles. The first-order valence-corrected chi connectivity index (χ1v) is 27.8. The van der Waals surface area contributed by atoms with Gasteiger partial charge in [0.25, 0.3) is 0 Å². The van der Waals surface area contributed by atoms with Crippen molar-refractivity contribution in [1.29, 1.82) is 0 Å². The molecule has 0 spiro atoms. The van der Waals surface area contributed by atoms with Gasteiger partial charge < -0.3 is 0 Å². The molecule has 0 amide bonds. The number of thiophene rings is 2. The second-order valence-electron chi connectivity index (χ2n) is 20.7. The molecule has 0 nitrogen and oxygen atoms in total. The van der Waals surface area contributed by atoms with Crippen LogP contribution in [-0.2, 0) is 0 Å². The molecule has 0 bridgehead atoms. The third-order valence-electron chi connectivity index (χ3n) is 16.6. The highest BCUT2D eigenvalue weighted by Crippen LogP contribution is 2.47. The van der Waals surface area contributed by atoms with Gasteiger partial charge in [-0.05, 0) is 180 Å². The van der Waals surface area contributed by atoms with Crippen LogP contribution in [0.2, 0.25) is 0 Å². The normalized spacial score (nSPS) is 12.2. The van der Waals surface area contributed by atoms with Crippen molar-refractivity contribution in [1.82, 2.24) is 0 Å². The van der Waals surface area contributed by atoms with Crippen molar-refractivity contribution < 1.29 is 0 Å². The number of benzene rings is 15. The number of hydrogen-bond donors (Lipinski definition) is 0. The Balaban J connectivity index is 0.704. The van der Waals surface area contributed by atoms with E-state index in [-0.39, 0.29) is 0 Å². The first-order chi connectivity index (χ1) is 37.6. The fourth-order valence-electron chi connectivity index (χ4n) is 13.0. The van der Waals surface area contributed by atoms with Crippen LogP contribution in [0, 0.1) is 0 Å². The van der Waals surface area contributed by atoms with Crippen LogP contribution in [0.1, 0.15) is 0 Å². The van der Waals surface area contributed by atoms with Crippen LogP contribution in [0.3, 0.4) is 0 Å². The van der Waals surface area contributed by atoms with Gasteiger partial charge in [0.1, 0.15) is 0 Å². The Morgan fingerprint density at radius 3 is 0.855 bits per heavy atom. The lowest BCUT2D eigenvalue weighted by Crippen LogP contribution is -1.90. The molecule has 0 aliphatic heterocycles. The third-order valence-corrected chi connectivity index (χ3v) is 18.9. The van der Waals surface area contributed by atoms with E-state index in [9.17, 15) is 0 Å². The second-order valence-corrected chi connectivity index (χ2v) is 22.8. The predicted octanol–water partition coefficient (Wildman–Crippen LogP) is 22.2. The Hall–Kier alpha value is -9.18. The first-order valence-electron chi connectivity index (χ1n) is 26.2. The maximum Gasteiger partial charge on any atom is 0.0355 e. The highest BCUT2D eigenvalue weighted by molar-refractivity contribution is 7.26. The third kappa shape index (κ3) is 6.29. The van der Waals surface area contributed by atoms with Crippen molar-refractivity contribution in [2.75, 3.05) is 0 Å². The molecule has 0 aliphatic carbocycles. The Kier molecular flexibility index (Phi) is 8.97. The molecule has 350 valence electrons. The molecule has 17 aromatic rings. The van der Waals surface area contributed by atoms with E-state index in [4.69, 9.17) is 0 Å². The van der Waals surface area contributed by atoms with Crippen LogP contribution < -0.4 is 0 Å². The molecule has 17 rings (SSSR count). The minimum absolute atomic E-state index is 1.20. The molecular formula is C74H42S2. The average Bonchev–Trinajstić information content (AvgIpc) is 4.06. The van der Waals surface area contributed by atoms with Crippen molar-refractivity contribution in [2.45, 2.75) is 0 Å².